The summed E-state index contributed by atoms with van der Waals surface area (Å²) in [7, 11) is 0. The van der Waals surface area contributed by atoms with Crippen LogP contribution >= 0.6 is 0 Å². The minimum absolute atomic E-state index is 0.323. The molecule has 1 heterocycles. The summed E-state index contributed by atoms with van der Waals surface area (Å²) in [6.07, 6.45) is 3.39. The van der Waals surface area contributed by atoms with Crippen molar-refractivity contribution < 1.29 is 9.53 Å². The van der Waals surface area contributed by atoms with Crippen molar-refractivity contribution >= 4 is 5.97 Å². The first-order valence-electron chi connectivity index (χ1n) is 6.09. The Labute approximate surface area is 106 Å². The molecule has 0 unspecified atom stereocenters. The van der Waals surface area contributed by atoms with Crippen molar-refractivity contribution in [3.63, 3.8) is 0 Å². The molecule has 4 heteroatoms. The van der Waals surface area contributed by atoms with E-state index in [9.17, 15) is 4.79 Å². The average molecular weight is 244 g/mol. The summed E-state index contributed by atoms with van der Waals surface area (Å²) in [5.41, 5.74) is 2.12. The van der Waals surface area contributed by atoms with Crippen molar-refractivity contribution in [1.82, 2.24) is 10.2 Å². The Balaban J connectivity index is 2.15. The first-order valence-corrected chi connectivity index (χ1v) is 6.09. The van der Waals surface area contributed by atoms with Gasteiger partial charge in [-0.3, -0.25) is 5.10 Å². The number of ether oxygens (including phenoxy) is 1. The van der Waals surface area contributed by atoms with E-state index in [2.05, 4.69) is 17.1 Å². The van der Waals surface area contributed by atoms with E-state index in [-0.39, 0.29) is 5.97 Å². The Morgan fingerprint density at radius 1 is 1.33 bits per heavy atom. The molecular formula is C14H16N2O2. The lowest BCUT2D eigenvalue weighted by Crippen LogP contribution is -2.06. The molecule has 0 amide bonds. The molecule has 0 aliphatic heterocycles. The predicted octanol–water partition coefficient (Wildman–Crippen LogP) is 3.03. The fourth-order valence-corrected chi connectivity index (χ4v) is 1.65. The highest BCUT2D eigenvalue weighted by Crippen LogP contribution is 2.21. The van der Waals surface area contributed by atoms with E-state index in [4.69, 9.17) is 4.74 Å². The van der Waals surface area contributed by atoms with Crippen molar-refractivity contribution in [3.8, 4) is 11.3 Å². The zero-order valence-electron chi connectivity index (χ0n) is 10.3. The third kappa shape index (κ3) is 2.77. The number of benzene rings is 1. The topological polar surface area (TPSA) is 55.0 Å². The number of aromatic amines is 1. The van der Waals surface area contributed by atoms with E-state index in [1.54, 1.807) is 0 Å². The summed E-state index contributed by atoms with van der Waals surface area (Å²) < 4.78 is 5.19. The summed E-state index contributed by atoms with van der Waals surface area (Å²) >= 11 is 0. The third-order valence-electron chi connectivity index (χ3n) is 2.65. The molecule has 0 saturated carbocycles. The second kappa shape index (κ2) is 6.00. The minimum atomic E-state index is -0.323. The van der Waals surface area contributed by atoms with Crippen LogP contribution in [0.25, 0.3) is 11.3 Å². The maximum Gasteiger partial charge on any atom is 0.341 e. The van der Waals surface area contributed by atoms with Crippen LogP contribution in [0.15, 0.2) is 36.5 Å². The van der Waals surface area contributed by atoms with Gasteiger partial charge in [0.25, 0.3) is 0 Å². The first kappa shape index (κ1) is 12.4. The predicted molar refractivity (Wildman–Crippen MR) is 69.2 cm³/mol. The van der Waals surface area contributed by atoms with Crippen molar-refractivity contribution in [2.75, 3.05) is 6.61 Å². The summed E-state index contributed by atoms with van der Waals surface area (Å²) in [6.45, 7) is 2.51. The second-order valence-corrected chi connectivity index (χ2v) is 4.01. The number of carbonyl (C=O) groups excluding carboxylic acids is 1. The number of nitrogens with zero attached hydrogens (tertiary/aromatic N) is 1. The van der Waals surface area contributed by atoms with E-state index in [1.165, 1.54) is 6.20 Å². The number of hydrogen-bond donors (Lipinski definition) is 1. The molecule has 0 fully saturated rings. The average Bonchev–Trinajstić information content (AvgIpc) is 2.89. The molecule has 2 aromatic rings. The quantitative estimate of drug-likeness (QED) is 0.649. The maximum atomic E-state index is 11.9. The number of aromatic nitrogens is 2. The summed E-state index contributed by atoms with van der Waals surface area (Å²) in [4.78, 5) is 11.9. The van der Waals surface area contributed by atoms with Gasteiger partial charge >= 0.3 is 5.97 Å². The Morgan fingerprint density at radius 3 is 2.83 bits per heavy atom. The SMILES string of the molecule is CCCCOC(=O)c1cn[nH]c1-c1ccccc1. The highest BCUT2D eigenvalue weighted by molar-refractivity contribution is 5.95. The number of hydrogen-bond acceptors (Lipinski definition) is 3. The molecule has 94 valence electrons. The number of rotatable bonds is 5. The van der Waals surface area contributed by atoms with Gasteiger partial charge in [0.1, 0.15) is 5.56 Å². The number of carbonyl (C=O) groups is 1. The summed E-state index contributed by atoms with van der Waals surface area (Å²) in [5.74, 6) is -0.323. The molecule has 0 bridgehead atoms. The molecule has 18 heavy (non-hydrogen) atoms. The van der Waals surface area contributed by atoms with Crippen LogP contribution in [-0.4, -0.2) is 22.8 Å². The summed E-state index contributed by atoms with van der Waals surface area (Å²) in [5, 5.41) is 6.76. The normalized spacial score (nSPS) is 10.3. The van der Waals surface area contributed by atoms with Gasteiger partial charge in [-0.1, -0.05) is 43.7 Å². The summed E-state index contributed by atoms with van der Waals surface area (Å²) in [6, 6.07) is 9.62. The van der Waals surface area contributed by atoms with Gasteiger partial charge in [0.2, 0.25) is 0 Å². The largest absolute Gasteiger partial charge is 0.462 e. The molecule has 0 aliphatic carbocycles. The van der Waals surface area contributed by atoms with Gasteiger partial charge in [-0.05, 0) is 6.42 Å². The van der Waals surface area contributed by atoms with Crippen molar-refractivity contribution in [2.24, 2.45) is 0 Å². The molecule has 0 atom stereocenters. The van der Waals surface area contributed by atoms with E-state index < -0.39 is 0 Å². The van der Waals surface area contributed by atoms with Gasteiger partial charge in [-0.15, -0.1) is 0 Å². The van der Waals surface area contributed by atoms with Crippen molar-refractivity contribution in [1.29, 1.82) is 0 Å². The lowest BCUT2D eigenvalue weighted by molar-refractivity contribution is 0.0501. The highest BCUT2D eigenvalue weighted by Gasteiger charge is 2.15. The number of esters is 1. The van der Waals surface area contributed by atoms with E-state index in [0.29, 0.717) is 17.9 Å². The molecule has 1 aromatic heterocycles. The molecular weight excluding hydrogens is 228 g/mol. The van der Waals surface area contributed by atoms with E-state index in [1.807, 2.05) is 30.3 Å². The molecule has 0 aliphatic rings. The van der Waals surface area contributed by atoms with Crippen LogP contribution < -0.4 is 0 Å². The van der Waals surface area contributed by atoms with Crippen LogP contribution in [0.4, 0.5) is 0 Å². The fourth-order valence-electron chi connectivity index (χ4n) is 1.65. The number of nitrogens with one attached hydrogen (secondary N) is 1. The molecule has 1 aromatic carbocycles. The van der Waals surface area contributed by atoms with Gasteiger partial charge in [0.05, 0.1) is 18.5 Å². The Morgan fingerprint density at radius 2 is 2.11 bits per heavy atom. The van der Waals surface area contributed by atoms with Crippen LogP contribution in [0, 0.1) is 0 Å². The smallest absolute Gasteiger partial charge is 0.341 e. The standard InChI is InChI=1S/C14H16N2O2/c1-2-3-9-18-14(17)12-10-15-16-13(12)11-7-5-4-6-8-11/h4-8,10H,2-3,9H2,1H3,(H,15,16). The van der Waals surface area contributed by atoms with Gasteiger partial charge in [-0.25, -0.2) is 4.79 Å². The first-order chi connectivity index (χ1) is 8.83. The van der Waals surface area contributed by atoms with Crippen molar-refractivity contribution in [2.45, 2.75) is 19.8 Å². The van der Waals surface area contributed by atoms with Gasteiger partial charge in [0, 0.05) is 5.56 Å². The number of unbranched alkanes of at least 4 members (excludes halogenated alkanes) is 1. The monoisotopic (exact) mass is 244 g/mol. The van der Waals surface area contributed by atoms with Crippen LogP contribution in [-0.2, 0) is 4.74 Å². The minimum Gasteiger partial charge on any atom is -0.462 e. The second-order valence-electron chi connectivity index (χ2n) is 4.01. The Bertz CT molecular complexity index is 506. The molecule has 0 spiro atoms. The van der Waals surface area contributed by atoms with Crippen LogP contribution in [0.3, 0.4) is 0 Å². The Hall–Kier alpha value is -2.10. The molecule has 2 rings (SSSR count). The maximum absolute atomic E-state index is 11.9. The van der Waals surface area contributed by atoms with Gasteiger partial charge in [0.15, 0.2) is 0 Å². The molecule has 0 saturated heterocycles. The molecule has 4 nitrogen and oxygen atoms in total. The van der Waals surface area contributed by atoms with Gasteiger partial charge < -0.3 is 4.74 Å². The molecule has 0 radical (unpaired) electrons. The van der Waals surface area contributed by atoms with E-state index in [0.717, 1.165) is 18.4 Å². The Kier molecular flexibility index (Phi) is 4.12. The molecule has 1 N–H and O–H groups in total. The number of H-pyrrole nitrogens is 1. The van der Waals surface area contributed by atoms with E-state index >= 15 is 0 Å². The lowest BCUT2D eigenvalue weighted by atomic mass is 10.1. The van der Waals surface area contributed by atoms with Crippen molar-refractivity contribution in [3.05, 3.63) is 42.1 Å². The van der Waals surface area contributed by atoms with Crippen LogP contribution in [0.2, 0.25) is 0 Å². The third-order valence-corrected chi connectivity index (χ3v) is 2.65. The highest BCUT2D eigenvalue weighted by atomic mass is 16.5. The van der Waals surface area contributed by atoms with Gasteiger partial charge in [-0.2, -0.15) is 5.10 Å². The van der Waals surface area contributed by atoms with Crippen LogP contribution in [0.5, 0.6) is 0 Å². The lowest BCUT2D eigenvalue weighted by Gasteiger charge is -2.04. The zero-order chi connectivity index (χ0) is 12.8. The van der Waals surface area contributed by atoms with Crippen LogP contribution in [0.1, 0.15) is 30.1 Å². The fraction of sp³-hybridized carbons (Fsp3) is 0.286. The zero-order valence-corrected chi connectivity index (χ0v) is 10.3.